The first-order chi connectivity index (χ1) is 12.3. The number of aliphatic hydroxyl groups is 1. The zero-order valence-electron chi connectivity index (χ0n) is 14.0. The minimum absolute atomic E-state index is 0.105. The monoisotopic (exact) mass is 406 g/mol. The summed E-state index contributed by atoms with van der Waals surface area (Å²) in [5, 5.41) is 13.0. The predicted molar refractivity (Wildman–Crippen MR) is 94.3 cm³/mol. The Hall–Kier alpha value is -1.41. The van der Waals surface area contributed by atoms with Crippen LogP contribution in [-0.4, -0.2) is 59.7 Å². The number of hydrogen-bond donors (Lipinski definition) is 1. The molecule has 0 atom stereocenters. The Bertz CT molecular complexity index is 729. The summed E-state index contributed by atoms with van der Waals surface area (Å²) in [7, 11) is 1.51. The lowest BCUT2D eigenvalue weighted by molar-refractivity contribution is -0.165. The van der Waals surface area contributed by atoms with Crippen LogP contribution >= 0.6 is 23.2 Å². The first kappa shape index (κ1) is 19.4. The fourth-order valence-electron chi connectivity index (χ4n) is 3.69. The molecular formula is C17H18Cl2F2N2O3. The smallest absolute Gasteiger partial charge is 0.259 e. The number of hydroxylamine groups is 2. The molecule has 5 nitrogen and oxygen atoms in total. The molecule has 26 heavy (non-hydrogen) atoms. The number of rotatable bonds is 4. The van der Waals surface area contributed by atoms with E-state index in [4.69, 9.17) is 28.0 Å². The van der Waals surface area contributed by atoms with Gasteiger partial charge in [-0.15, -0.1) is 0 Å². The van der Waals surface area contributed by atoms with Gasteiger partial charge in [0, 0.05) is 18.7 Å². The van der Waals surface area contributed by atoms with Crippen LogP contribution in [0.1, 0.15) is 18.4 Å². The normalized spacial score (nSPS) is 20.7. The highest BCUT2D eigenvalue weighted by Crippen LogP contribution is 2.47. The average Bonchev–Trinajstić information content (AvgIpc) is 2.78. The maximum absolute atomic E-state index is 13.2. The summed E-state index contributed by atoms with van der Waals surface area (Å²) in [6.45, 7) is -0.00429. The van der Waals surface area contributed by atoms with Crippen molar-refractivity contribution in [1.82, 2.24) is 9.96 Å². The zero-order valence-corrected chi connectivity index (χ0v) is 15.5. The van der Waals surface area contributed by atoms with E-state index in [1.165, 1.54) is 19.2 Å². The molecule has 1 aromatic carbocycles. The second kappa shape index (κ2) is 7.31. The SMILES string of the molecule is CON1CCC2(CC1)C(O)=C(c1c(Cl)cccc1Cl)C(=O)N2CC(F)F. The highest BCUT2D eigenvalue weighted by Gasteiger charge is 2.54. The van der Waals surface area contributed by atoms with Gasteiger partial charge in [0.25, 0.3) is 12.3 Å². The Kier molecular flexibility index (Phi) is 5.44. The van der Waals surface area contributed by atoms with Crippen LogP contribution in [-0.2, 0) is 9.63 Å². The van der Waals surface area contributed by atoms with Crippen LogP contribution in [0, 0.1) is 0 Å². The van der Waals surface area contributed by atoms with E-state index in [0.29, 0.717) is 13.1 Å². The minimum atomic E-state index is -2.73. The summed E-state index contributed by atoms with van der Waals surface area (Å²) in [6, 6.07) is 4.67. The largest absolute Gasteiger partial charge is 0.509 e. The average molecular weight is 407 g/mol. The maximum atomic E-state index is 13.2. The minimum Gasteiger partial charge on any atom is -0.509 e. The summed E-state index contributed by atoms with van der Waals surface area (Å²) in [5.74, 6) is -0.947. The van der Waals surface area contributed by atoms with Crippen molar-refractivity contribution < 1.29 is 23.5 Å². The van der Waals surface area contributed by atoms with Gasteiger partial charge in [-0.05, 0) is 25.0 Å². The fourth-order valence-corrected chi connectivity index (χ4v) is 4.28. The predicted octanol–water partition coefficient (Wildman–Crippen LogP) is 3.77. The summed E-state index contributed by atoms with van der Waals surface area (Å²) in [5.41, 5.74) is -1.14. The Balaban J connectivity index is 2.11. The van der Waals surface area contributed by atoms with Crippen molar-refractivity contribution in [3.8, 4) is 0 Å². The van der Waals surface area contributed by atoms with Gasteiger partial charge in [-0.25, -0.2) is 8.78 Å². The molecule has 1 aromatic rings. The molecule has 0 radical (unpaired) electrons. The van der Waals surface area contributed by atoms with Crippen molar-refractivity contribution in [2.24, 2.45) is 0 Å². The number of carbonyl (C=O) groups is 1. The number of hydrogen-bond acceptors (Lipinski definition) is 4. The van der Waals surface area contributed by atoms with Gasteiger partial charge in [-0.3, -0.25) is 4.79 Å². The number of benzene rings is 1. The Labute approximate surface area is 159 Å². The maximum Gasteiger partial charge on any atom is 0.259 e. The molecule has 1 saturated heterocycles. The number of halogens is 4. The van der Waals surface area contributed by atoms with Crippen LogP contribution in [0.25, 0.3) is 5.57 Å². The van der Waals surface area contributed by atoms with E-state index < -0.39 is 24.4 Å². The van der Waals surface area contributed by atoms with E-state index in [9.17, 15) is 18.7 Å². The van der Waals surface area contributed by atoms with E-state index in [-0.39, 0.29) is 39.8 Å². The van der Waals surface area contributed by atoms with Crippen LogP contribution in [0.5, 0.6) is 0 Å². The molecule has 0 aromatic heterocycles. The molecule has 2 aliphatic heterocycles. The molecule has 9 heteroatoms. The van der Waals surface area contributed by atoms with Gasteiger partial charge >= 0.3 is 0 Å². The lowest BCUT2D eigenvalue weighted by atomic mass is 9.85. The van der Waals surface area contributed by atoms with Crippen molar-refractivity contribution in [2.45, 2.75) is 24.8 Å². The molecule has 2 aliphatic rings. The molecule has 142 valence electrons. The molecule has 0 bridgehead atoms. The van der Waals surface area contributed by atoms with Crippen molar-refractivity contribution >= 4 is 34.7 Å². The van der Waals surface area contributed by atoms with Gasteiger partial charge in [0.15, 0.2) is 0 Å². The van der Waals surface area contributed by atoms with Crippen molar-refractivity contribution in [2.75, 3.05) is 26.7 Å². The van der Waals surface area contributed by atoms with E-state index in [2.05, 4.69) is 0 Å². The third-order valence-corrected chi connectivity index (χ3v) is 5.62. The van der Waals surface area contributed by atoms with Gasteiger partial charge < -0.3 is 14.8 Å². The molecule has 3 rings (SSSR count). The fraction of sp³-hybridized carbons (Fsp3) is 0.471. The summed E-state index contributed by atoms with van der Waals surface area (Å²) < 4.78 is 26.3. The Morgan fingerprint density at radius 2 is 1.85 bits per heavy atom. The van der Waals surface area contributed by atoms with Gasteiger partial charge in [-0.2, -0.15) is 5.06 Å². The molecule has 2 heterocycles. The van der Waals surface area contributed by atoms with Crippen LogP contribution in [0.3, 0.4) is 0 Å². The number of piperidine rings is 1. The summed E-state index contributed by atoms with van der Waals surface area (Å²) >= 11 is 12.4. The zero-order chi connectivity index (χ0) is 19.1. The van der Waals surface area contributed by atoms with Gasteiger partial charge in [0.1, 0.15) is 11.3 Å². The first-order valence-corrected chi connectivity index (χ1v) is 8.84. The van der Waals surface area contributed by atoms with Crippen LogP contribution < -0.4 is 0 Å². The number of nitrogens with zero attached hydrogens (tertiary/aromatic N) is 2. The highest BCUT2D eigenvalue weighted by atomic mass is 35.5. The standard InChI is InChI=1S/C17H18Cl2F2N2O3/c1-26-22-7-5-17(6-8-22)15(24)14(16(25)23(17)9-12(20)21)13-10(18)3-2-4-11(13)19/h2-4,12,24H,5-9H2,1H3. The molecule has 0 aliphatic carbocycles. The first-order valence-electron chi connectivity index (χ1n) is 8.09. The molecular weight excluding hydrogens is 389 g/mol. The van der Waals surface area contributed by atoms with Crippen LogP contribution in [0.2, 0.25) is 10.0 Å². The van der Waals surface area contributed by atoms with E-state index >= 15 is 0 Å². The third kappa shape index (κ3) is 3.07. The summed E-state index contributed by atoms with van der Waals surface area (Å²) in [4.78, 5) is 19.2. The van der Waals surface area contributed by atoms with E-state index in [1.807, 2.05) is 0 Å². The van der Waals surface area contributed by atoms with Crippen molar-refractivity contribution in [1.29, 1.82) is 0 Å². The van der Waals surface area contributed by atoms with Crippen LogP contribution in [0.4, 0.5) is 8.78 Å². The van der Waals surface area contributed by atoms with Gasteiger partial charge in [0.2, 0.25) is 0 Å². The van der Waals surface area contributed by atoms with E-state index in [0.717, 1.165) is 4.90 Å². The molecule has 1 amide bonds. The molecule has 1 spiro atoms. The Morgan fingerprint density at radius 3 is 2.35 bits per heavy atom. The number of carbonyl (C=O) groups excluding carboxylic acids is 1. The molecule has 1 fully saturated rings. The Morgan fingerprint density at radius 1 is 1.27 bits per heavy atom. The summed E-state index contributed by atoms with van der Waals surface area (Å²) in [6.07, 6.45) is -2.21. The lowest BCUT2D eigenvalue weighted by Crippen LogP contribution is -2.56. The van der Waals surface area contributed by atoms with Crippen molar-refractivity contribution in [3.63, 3.8) is 0 Å². The van der Waals surface area contributed by atoms with Gasteiger partial charge in [-0.1, -0.05) is 29.3 Å². The van der Waals surface area contributed by atoms with Gasteiger partial charge in [0.05, 0.1) is 29.3 Å². The number of aliphatic hydroxyl groups excluding tert-OH is 1. The number of amides is 1. The van der Waals surface area contributed by atoms with Crippen molar-refractivity contribution in [3.05, 3.63) is 39.6 Å². The lowest BCUT2D eigenvalue weighted by Gasteiger charge is -2.44. The van der Waals surface area contributed by atoms with Crippen LogP contribution in [0.15, 0.2) is 24.0 Å². The third-order valence-electron chi connectivity index (χ3n) is 4.99. The highest BCUT2D eigenvalue weighted by molar-refractivity contribution is 6.41. The molecule has 1 N–H and O–H groups in total. The van der Waals surface area contributed by atoms with E-state index in [1.54, 1.807) is 11.1 Å². The number of alkyl halides is 2. The quantitative estimate of drug-likeness (QED) is 0.826. The second-order valence-corrected chi connectivity index (χ2v) is 7.08. The topological polar surface area (TPSA) is 53.0 Å². The second-order valence-electron chi connectivity index (χ2n) is 6.27. The molecule has 0 unspecified atom stereocenters. The molecule has 0 saturated carbocycles.